The summed E-state index contributed by atoms with van der Waals surface area (Å²) in [6.45, 7) is 3.44. The number of likely N-dealkylation sites (tertiary alicyclic amines) is 1. The second kappa shape index (κ2) is 5.58. The van der Waals surface area contributed by atoms with E-state index in [-0.39, 0.29) is 11.9 Å². The monoisotopic (exact) mass is 238 g/mol. The quantitative estimate of drug-likeness (QED) is 0.856. The average Bonchev–Trinajstić information content (AvgIpc) is 2.69. The van der Waals surface area contributed by atoms with Crippen LogP contribution in [0.5, 0.6) is 0 Å². The Morgan fingerprint density at radius 2 is 2.06 bits per heavy atom. The Morgan fingerprint density at radius 3 is 2.71 bits per heavy atom. The molecular weight excluding hydrogens is 219 g/mol. The zero-order chi connectivity index (χ0) is 12.3. The third-order valence-corrected chi connectivity index (χ3v) is 3.35. The van der Waals surface area contributed by atoms with Crippen molar-refractivity contribution >= 4 is 0 Å². The number of nitrogens with zero attached hydrogens (tertiary/aromatic N) is 1. The maximum atomic E-state index is 12.9. The van der Waals surface area contributed by atoms with Gasteiger partial charge in [-0.05, 0) is 17.7 Å². The summed E-state index contributed by atoms with van der Waals surface area (Å²) in [5.74, 6) is 0.101. The van der Waals surface area contributed by atoms with Crippen molar-refractivity contribution < 1.29 is 9.13 Å². The topological polar surface area (TPSA) is 38.5 Å². The number of benzene rings is 1. The smallest absolute Gasteiger partial charge is 0.123 e. The summed E-state index contributed by atoms with van der Waals surface area (Å²) in [6.07, 6.45) is 0. The van der Waals surface area contributed by atoms with E-state index in [1.165, 1.54) is 12.1 Å². The molecule has 2 unspecified atom stereocenters. The first-order valence-corrected chi connectivity index (χ1v) is 5.93. The van der Waals surface area contributed by atoms with Crippen molar-refractivity contribution in [3.8, 4) is 0 Å². The van der Waals surface area contributed by atoms with E-state index in [1.807, 2.05) is 12.1 Å². The number of halogens is 1. The largest absolute Gasteiger partial charge is 0.383 e. The second-order valence-electron chi connectivity index (χ2n) is 4.57. The second-order valence-corrected chi connectivity index (χ2v) is 4.57. The van der Waals surface area contributed by atoms with Crippen LogP contribution in [0.4, 0.5) is 4.39 Å². The molecule has 1 saturated heterocycles. The lowest BCUT2D eigenvalue weighted by molar-refractivity contribution is 0.160. The summed E-state index contributed by atoms with van der Waals surface area (Å²) in [5.41, 5.74) is 7.26. The fourth-order valence-corrected chi connectivity index (χ4v) is 2.38. The van der Waals surface area contributed by atoms with E-state index in [0.717, 1.165) is 31.8 Å². The fourth-order valence-electron chi connectivity index (χ4n) is 2.38. The van der Waals surface area contributed by atoms with Crippen molar-refractivity contribution in [2.75, 3.05) is 33.4 Å². The zero-order valence-corrected chi connectivity index (χ0v) is 10.1. The Kier molecular flexibility index (Phi) is 4.10. The zero-order valence-electron chi connectivity index (χ0n) is 10.1. The molecule has 1 aromatic rings. The van der Waals surface area contributed by atoms with E-state index >= 15 is 0 Å². The third-order valence-electron chi connectivity index (χ3n) is 3.35. The molecule has 94 valence electrons. The SMILES string of the molecule is COCCN1CC(N)C(c2ccc(F)cc2)C1. The first kappa shape index (κ1) is 12.5. The van der Waals surface area contributed by atoms with Gasteiger partial charge in [0.15, 0.2) is 0 Å². The van der Waals surface area contributed by atoms with Gasteiger partial charge in [0, 0.05) is 38.7 Å². The molecule has 0 bridgehead atoms. The molecule has 1 aliphatic heterocycles. The Hall–Kier alpha value is -0.970. The predicted octanol–water partition coefficient (Wildman–Crippen LogP) is 1.20. The lowest BCUT2D eigenvalue weighted by Gasteiger charge is -2.15. The van der Waals surface area contributed by atoms with Crippen LogP contribution in [0.2, 0.25) is 0 Å². The van der Waals surface area contributed by atoms with Crippen LogP contribution in [0.3, 0.4) is 0 Å². The summed E-state index contributed by atoms with van der Waals surface area (Å²) >= 11 is 0. The molecule has 2 rings (SSSR count). The van der Waals surface area contributed by atoms with Crippen molar-refractivity contribution in [1.29, 1.82) is 0 Å². The summed E-state index contributed by atoms with van der Waals surface area (Å²) in [4.78, 5) is 2.29. The van der Waals surface area contributed by atoms with Crippen molar-refractivity contribution in [2.24, 2.45) is 5.73 Å². The lowest BCUT2D eigenvalue weighted by atomic mass is 9.95. The highest BCUT2D eigenvalue weighted by molar-refractivity contribution is 5.24. The average molecular weight is 238 g/mol. The van der Waals surface area contributed by atoms with Gasteiger partial charge in [0.25, 0.3) is 0 Å². The maximum Gasteiger partial charge on any atom is 0.123 e. The first-order valence-electron chi connectivity index (χ1n) is 5.93. The number of rotatable bonds is 4. The molecule has 17 heavy (non-hydrogen) atoms. The molecule has 1 heterocycles. The van der Waals surface area contributed by atoms with Crippen molar-refractivity contribution in [3.63, 3.8) is 0 Å². The minimum Gasteiger partial charge on any atom is -0.383 e. The fraction of sp³-hybridized carbons (Fsp3) is 0.538. The van der Waals surface area contributed by atoms with E-state index < -0.39 is 0 Å². The summed E-state index contributed by atoms with van der Waals surface area (Å²) in [6, 6.07) is 6.79. The normalized spacial score (nSPS) is 25.4. The van der Waals surface area contributed by atoms with Gasteiger partial charge >= 0.3 is 0 Å². The molecule has 3 nitrogen and oxygen atoms in total. The van der Waals surface area contributed by atoms with Gasteiger partial charge in [-0.25, -0.2) is 4.39 Å². The number of hydrogen-bond acceptors (Lipinski definition) is 3. The summed E-state index contributed by atoms with van der Waals surface area (Å²) in [7, 11) is 1.70. The molecule has 0 aliphatic carbocycles. The van der Waals surface area contributed by atoms with Crippen molar-refractivity contribution in [2.45, 2.75) is 12.0 Å². The van der Waals surface area contributed by atoms with Gasteiger partial charge in [-0.2, -0.15) is 0 Å². The molecule has 0 amide bonds. The molecule has 2 N–H and O–H groups in total. The predicted molar refractivity (Wildman–Crippen MR) is 65.4 cm³/mol. The van der Waals surface area contributed by atoms with Crippen molar-refractivity contribution in [1.82, 2.24) is 4.90 Å². The van der Waals surface area contributed by atoms with Crippen LogP contribution < -0.4 is 5.73 Å². The highest BCUT2D eigenvalue weighted by Crippen LogP contribution is 2.26. The van der Waals surface area contributed by atoms with Gasteiger partial charge in [-0.15, -0.1) is 0 Å². The molecular formula is C13H19FN2O. The van der Waals surface area contributed by atoms with Crippen LogP contribution in [0, 0.1) is 5.82 Å². The highest BCUT2D eigenvalue weighted by Gasteiger charge is 2.30. The molecule has 0 aromatic heterocycles. The van der Waals surface area contributed by atoms with E-state index in [2.05, 4.69) is 4.90 Å². The van der Waals surface area contributed by atoms with Crippen LogP contribution in [-0.2, 0) is 4.74 Å². The molecule has 1 fully saturated rings. The van der Waals surface area contributed by atoms with Gasteiger partial charge in [0.05, 0.1) is 6.61 Å². The standard InChI is InChI=1S/C13H19FN2O/c1-17-7-6-16-8-12(13(15)9-16)10-2-4-11(14)5-3-10/h2-5,12-13H,6-9,15H2,1H3. The van der Waals surface area contributed by atoms with E-state index in [4.69, 9.17) is 10.5 Å². The molecule has 0 spiro atoms. The molecule has 2 atom stereocenters. The van der Waals surface area contributed by atoms with Crippen LogP contribution in [0.1, 0.15) is 11.5 Å². The Bertz CT molecular complexity index is 355. The Labute approximate surface area is 101 Å². The third kappa shape index (κ3) is 3.03. The summed E-state index contributed by atoms with van der Waals surface area (Å²) < 4.78 is 17.9. The minimum atomic E-state index is -0.198. The Morgan fingerprint density at radius 1 is 1.35 bits per heavy atom. The van der Waals surface area contributed by atoms with Gasteiger partial charge in [-0.1, -0.05) is 12.1 Å². The molecule has 0 radical (unpaired) electrons. The van der Waals surface area contributed by atoms with Crippen LogP contribution in [-0.4, -0.2) is 44.3 Å². The molecule has 1 aromatic carbocycles. The maximum absolute atomic E-state index is 12.9. The summed E-state index contributed by atoms with van der Waals surface area (Å²) in [5, 5.41) is 0. The van der Waals surface area contributed by atoms with Crippen LogP contribution in [0.25, 0.3) is 0 Å². The van der Waals surface area contributed by atoms with E-state index in [9.17, 15) is 4.39 Å². The van der Waals surface area contributed by atoms with Crippen LogP contribution in [0.15, 0.2) is 24.3 Å². The first-order chi connectivity index (χ1) is 8.20. The van der Waals surface area contributed by atoms with Crippen LogP contribution >= 0.6 is 0 Å². The molecule has 4 heteroatoms. The lowest BCUT2D eigenvalue weighted by Crippen LogP contribution is -2.30. The minimum absolute atomic E-state index is 0.123. The molecule has 0 saturated carbocycles. The van der Waals surface area contributed by atoms with Gasteiger partial charge < -0.3 is 10.5 Å². The van der Waals surface area contributed by atoms with E-state index in [1.54, 1.807) is 7.11 Å². The number of hydrogen-bond donors (Lipinski definition) is 1. The van der Waals surface area contributed by atoms with Gasteiger partial charge in [-0.3, -0.25) is 4.90 Å². The van der Waals surface area contributed by atoms with Crippen molar-refractivity contribution in [3.05, 3.63) is 35.6 Å². The number of methoxy groups -OCH3 is 1. The Balaban J connectivity index is 2.00. The van der Waals surface area contributed by atoms with Gasteiger partial charge in [0.1, 0.15) is 5.82 Å². The van der Waals surface area contributed by atoms with Gasteiger partial charge in [0.2, 0.25) is 0 Å². The molecule has 1 aliphatic rings. The number of ether oxygens (including phenoxy) is 1. The highest BCUT2D eigenvalue weighted by atomic mass is 19.1. The number of nitrogens with two attached hydrogens (primary N) is 1. The van der Waals surface area contributed by atoms with E-state index in [0.29, 0.717) is 5.92 Å².